The summed E-state index contributed by atoms with van der Waals surface area (Å²) in [4.78, 5) is 2.50. The van der Waals surface area contributed by atoms with Crippen LogP contribution in [0, 0.1) is 0 Å². The van der Waals surface area contributed by atoms with Gasteiger partial charge in [0.15, 0.2) is 0 Å². The van der Waals surface area contributed by atoms with E-state index < -0.39 is 0 Å². The lowest BCUT2D eigenvalue weighted by Gasteiger charge is -2.30. The fraction of sp³-hybridized carbons (Fsp3) is 0.0526. The lowest BCUT2D eigenvalue weighted by atomic mass is 9.82. The molecule has 0 aliphatic heterocycles. The Bertz CT molecular complexity index is 3180. The summed E-state index contributed by atoms with van der Waals surface area (Å²) in [6.07, 6.45) is 0. The maximum absolute atomic E-state index is 2.50. The van der Waals surface area contributed by atoms with Crippen molar-refractivity contribution >= 4 is 49.4 Å². The minimum atomic E-state index is -0.143. The highest BCUT2D eigenvalue weighted by atomic mass is 15.1. The first kappa shape index (κ1) is 34.1. The highest BCUT2D eigenvalue weighted by Gasteiger charge is 2.36. The molecule has 0 radical (unpaired) electrons. The molecule has 10 aromatic rings. The van der Waals surface area contributed by atoms with E-state index in [1.54, 1.807) is 0 Å². The van der Waals surface area contributed by atoms with E-state index in [1.807, 2.05) is 0 Å². The van der Waals surface area contributed by atoms with Crippen molar-refractivity contribution in [3.8, 4) is 44.5 Å². The second-order valence-electron chi connectivity index (χ2n) is 16.1. The molecule has 10 aromatic carbocycles. The molecule has 0 saturated heterocycles. The van der Waals surface area contributed by atoms with E-state index in [1.165, 1.54) is 88.0 Å². The molecule has 0 fully saturated rings. The number of nitrogens with zero attached hydrogens (tertiary/aromatic N) is 1. The van der Waals surface area contributed by atoms with Crippen molar-refractivity contribution in [2.75, 3.05) is 4.90 Å². The van der Waals surface area contributed by atoms with Crippen LogP contribution < -0.4 is 4.90 Å². The van der Waals surface area contributed by atoms with Crippen LogP contribution in [0.5, 0.6) is 0 Å². The SMILES string of the molecule is CC1(C)c2ccccc2-c2ccc(N(c3ccc(-c4ccccc4)cc3)c3cc4c5ccccc5c5ccccc5c4cc3-c3cccc(-c4ccccc4)c3)cc21. The van der Waals surface area contributed by atoms with Crippen molar-refractivity contribution in [1.29, 1.82) is 0 Å². The Kier molecular flexibility index (Phi) is 7.91. The molecule has 0 aromatic heterocycles. The van der Waals surface area contributed by atoms with Crippen LogP contribution in [0.2, 0.25) is 0 Å². The van der Waals surface area contributed by atoms with Gasteiger partial charge in [0.1, 0.15) is 0 Å². The summed E-state index contributed by atoms with van der Waals surface area (Å²) in [5.74, 6) is 0. The van der Waals surface area contributed by atoms with Gasteiger partial charge in [-0.1, -0.05) is 184 Å². The largest absolute Gasteiger partial charge is 0.310 e. The normalized spacial score (nSPS) is 12.8. The fourth-order valence-electron chi connectivity index (χ4n) is 9.54. The molecule has 1 aliphatic rings. The first-order valence-electron chi connectivity index (χ1n) is 20.3. The Hall–Kier alpha value is -7.22. The van der Waals surface area contributed by atoms with Gasteiger partial charge in [-0.15, -0.1) is 0 Å². The minimum Gasteiger partial charge on any atom is -0.310 e. The van der Waals surface area contributed by atoms with Crippen LogP contribution in [0.1, 0.15) is 25.0 Å². The highest BCUT2D eigenvalue weighted by Crippen LogP contribution is 2.52. The Morgan fingerprint density at radius 2 is 0.776 bits per heavy atom. The maximum atomic E-state index is 2.50. The number of anilines is 3. The summed E-state index contributed by atoms with van der Waals surface area (Å²) in [5, 5.41) is 7.56. The van der Waals surface area contributed by atoms with Crippen molar-refractivity contribution < 1.29 is 0 Å². The van der Waals surface area contributed by atoms with Crippen molar-refractivity contribution in [1.82, 2.24) is 0 Å². The Morgan fingerprint density at radius 3 is 1.45 bits per heavy atom. The second-order valence-corrected chi connectivity index (χ2v) is 16.1. The van der Waals surface area contributed by atoms with Crippen LogP contribution in [0.3, 0.4) is 0 Å². The first-order chi connectivity index (χ1) is 28.5. The highest BCUT2D eigenvalue weighted by molar-refractivity contribution is 6.26. The summed E-state index contributed by atoms with van der Waals surface area (Å²) in [6, 6.07) is 78.3. The average molecular weight is 740 g/mol. The van der Waals surface area contributed by atoms with Gasteiger partial charge in [0.05, 0.1) is 5.69 Å². The molecule has 0 saturated carbocycles. The average Bonchev–Trinajstić information content (AvgIpc) is 3.52. The molecule has 0 heterocycles. The third kappa shape index (κ3) is 5.46. The number of rotatable bonds is 6. The predicted octanol–water partition coefficient (Wildman–Crippen LogP) is 15.9. The Balaban J connectivity index is 1.22. The van der Waals surface area contributed by atoms with E-state index in [-0.39, 0.29) is 5.41 Å². The molecular weight excluding hydrogens is 699 g/mol. The zero-order valence-electron chi connectivity index (χ0n) is 32.7. The summed E-state index contributed by atoms with van der Waals surface area (Å²) < 4.78 is 0. The van der Waals surface area contributed by atoms with E-state index >= 15 is 0 Å². The smallest absolute Gasteiger partial charge is 0.0546 e. The van der Waals surface area contributed by atoms with Crippen LogP contribution in [-0.4, -0.2) is 0 Å². The Labute approximate surface area is 340 Å². The van der Waals surface area contributed by atoms with Gasteiger partial charge in [-0.05, 0) is 125 Å². The van der Waals surface area contributed by atoms with Crippen LogP contribution >= 0.6 is 0 Å². The third-order valence-corrected chi connectivity index (χ3v) is 12.4. The topological polar surface area (TPSA) is 3.24 Å². The number of hydrogen-bond donors (Lipinski definition) is 0. The molecule has 0 spiro atoms. The van der Waals surface area contributed by atoms with Gasteiger partial charge in [-0.3, -0.25) is 0 Å². The van der Waals surface area contributed by atoms with E-state index in [0.29, 0.717) is 0 Å². The van der Waals surface area contributed by atoms with E-state index in [4.69, 9.17) is 0 Å². The van der Waals surface area contributed by atoms with Gasteiger partial charge in [0, 0.05) is 22.4 Å². The lowest BCUT2D eigenvalue weighted by Crippen LogP contribution is -2.17. The van der Waals surface area contributed by atoms with Crippen LogP contribution in [0.4, 0.5) is 17.1 Å². The summed E-state index contributed by atoms with van der Waals surface area (Å²) in [7, 11) is 0. The van der Waals surface area contributed by atoms with E-state index in [0.717, 1.165) is 17.1 Å². The van der Waals surface area contributed by atoms with Gasteiger partial charge >= 0.3 is 0 Å². The van der Waals surface area contributed by atoms with Crippen molar-refractivity contribution in [3.05, 3.63) is 223 Å². The third-order valence-electron chi connectivity index (χ3n) is 12.4. The predicted molar refractivity (Wildman–Crippen MR) is 248 cm³/mol. The van der Waals surface area contributed by atoms with Gasteiger partial charge in [-0.25, -0.2) is 0 Å². The molecular formula is C57H41N. The van der Waals surface area contributed by atoms with E-state index in [9.17, 15) is 0 Å². The van der Waals surface area contributed by atoms with Crippen LogP contribution in [0.25, 0.3) is 76.8 Å². The molecule has 1 aliphatic carbocycles. The van der Waals surface area contributed by atoms with Gasteiger partial charge < -0.3 is 4.90 Å². The van der Waals surface area contributed by atoms with E-state index in [2.05, 4.69) is 231 Å². The van der Waals surface area contributed by atoms with Crippen LogP contribution in [-0.2, 0) is 5.41 Å². The zero-order valence-corrected chi connectivity index (χ0v) is 32.7. The van der Waals surface area contributed by atoms with Gasteiger partial charge in [0.2, 0.25) is 0 Å². The lowest BCUT2D eigenvalue weighted by molar-refractivity contribution is 0.660. The van der Waals surface area contributed by atoms with Crippen LogP contribution in [0.15, 0.2) is 212 Å². The summed E-state index contributed by atoms with van der Waals surface area (Å²) in [6.45, 7) is 4.74. The van der Waals surface area contributed by atoms with Crippen molar-refractivity contribution in [3.63, 3.8) is 0 Å². The van der Waals surface area contributed by atoms with Gasteiger partial charge in [-0.2, -0.15) is 0 Å². The molecule has 0 amide bonds. The molecule has 1 heteroatoms. The molecule has 0 atom stereocenters. The number of benzene rings is 10. The molecule has 11 rings (SSSR count). The second kappa shape index (κ2) is 13.5. The minimum absolute atomic E-state index is 0.143. The quantitative estimate of drug-likeness (QED) is 0.154. The maximum Gasteiger partial charge on any atom is 0.0546 e. The molecule has 0 N–H and O–H groups in total. The molecule has 58 heavy (non-hydrogen) atoms. The standard InChI is InChI=1S/C57H41N/c1-57(2)54-27-14-13-26-49(54)50-33-32-44(35-55(50)57)58(43-30-28-40(29-31-43)38-16-5-3-6-17-38)56-37-53-48-25-12-10-23-46(48)45-22-9-11-24-47(45)52(53)36-51(56)42-21-15-20-41(34-42)39-18-7-4-8-19-39/h3-37H,1-2H3. The molecule has 0 unspecified atom stereocenters. The molecule has 1 nitrogen and oxygen atoms in total. The zero-order chi connectivity index (χ0) is 38.8. The number of hydrogen-bond acceptors (Lipinski definition) is 1. The molecule has 274 valence electrons. The van der Waals surface area contributed by atoms with Crippen molar-refractivity contribution in [2.45, 2.75) is 19.3 Å². The van der Waals surface area contributed by atoms with Crippen molar-refractivity contribution in [2.24, 2.45) is 0 Å². The summed E-state index contributed by atoms with van der Waals surface area (Å²) in [5.41, 5.74) is 15.8. The summed E-state index contributed by atoms with van der Waals surface area (Å²) >= 11 is 0. The van der Waals surface area contributed by atoms with Gasteiger partial charge in [0.25, 0.3) is 0 Å². The fourth-order valence-corrected chi connectivity index (χ4v) is 9.54. The Morgan fingerprint density at radius 1 is 0.293 bits per heavy atom. The monoisotopic (exact) mass is 739 g/mol. The number of fused-ring (bicyclic) bond motifs is 9. The molecule has 0 bridgehead atoms. The first-order valence-corrected chi connectivity index (χ1v) is 20.3.